The molecular formula is C44H39ClF7N9O5S. The summed E-state index contributed by atoms with van der Waals surface area (Å²) in [4.78, 5) is 19.0. The first-order valence-corrected chi connectivity index (χ1v) is 22.7. The van der Waals surface area contributed by atoms with E-state index in [0.29, 0.717) is 40.1 Å². The van der Waals surface area contributed by atoms with E-state index in [0.717, 1.165) is 12.1 Å². The molecule has 2 fully saturated rings. The maximum Gasteiger partial charge on any atom is 0.435 e. The molecular weight excluding hydrogens is 935 g/mol. The number of carbonyl (C=O) groups excluding carboxylic acids is 1. The average Bonchev–Trinajstić information content (AvgIpc) is 4.10. The Morgan fingerprint density at radius 3 is 2.36 bits per heavy atom. The lowest BCUT2D eigenvalue weighted by molar-refractivity contribution is -0.142. The number of benzene rings is 2. The Kier molecular flexibility index (Phi) is 10.8. The van der Waals surface area contributed by atoms with Crippen LogP contribution in [0.2, 0.25) is 5.02 Å². The van der Waals surface area contributed by atoms with Crippen LogP contribution in [-0.2, 0) is 52.3 Å². The summed E-state index contributed by atoms with van der Waals surface area (Å²) >= 11 is 6.80. The first-order chi connectivity index (χ1) is 31.2. The minimum Gasteiger partial charge on any atom is -0.405 e. The summed E-state index contributed by atoms with van der Waals surface area (Å²) in [5.74, 6) is -3.61. The van der Waals surface area contributed by atoms with Crippen molar-refractivity contribution in [1.82, 2.24) is 40.1 Å². The van der Waals surface area contributed by atoms with Gasteiger partial charge in [0.1, 0.15) is 39.9 Å². The maximum absolute atomic E-state index is 15.6. The van der Waals surface area contributed by atoms with E-state index < -0.39 is 103 Å². The average molecular weight is 974 g/mol. The van der Waals surface area contributed by atoms with Gasteiger partial charge in [0.05, 0.1) is 32.9 Å². The summed E-state index contributed by atoms with van der Waals surface area (Å²) in [5.41, 5.74) is -3.85. The number of anilines is 2. The second kappa shape index (κ2) is 15.8. The number of sulfone groups is 1. The van der Waals surface area contributed by atoms with Crippen molar-refractivity contribution in [3.8, 4) is 23.0 Å². The van der Waals surface area contributed by atoms with Gasteiger partial charge in [0, 0.05) is 35.7 Å². The zero-order valence-corrected chi connectivity index (χ0v) is 37.6. The molecule has 3 aliphatic rings. The molecule has 2 saturated carbocycles. The SMILES string of the molecule is Cn1nc(Nc2nnc(C(C)(C)O)o2)c2c(Cl)ccc(-c3ccc(C#CC(C)(C)S(=O)(=O)C4CC4)nc3[C@H](Cc3cc(F)cc(F)c3)NC(=O)Cn3nc(C(F)(F)F)c4c3C(F)(F)[C@@H]3C[C@H]43)c21. The molecule has 23 heteroatoms. The zero-order chi connectivity index (χ0) is 48.3. The van der Waals surface area contributed by atoms with Crippen LogP contribution in [0.3, 0.4) is 0 Å². The van der Waals surface area contributed by atoms with Crippen LogP contribution < -0.4 is 10.6 Å². The van der Waals surface area contributed by atoms with Gasteiger partial charge in [-0.25, -0.2) is 22.2 Å². The molecule has 3 atom stereocenters. The lowest BCUT2D eigenvalue weighted by Crippen LogP contribution is -2.35. The highest BCUT2D eigenvalue weighted by atomic mass is 35.5. The van der Waals surface area contributed by atoms with Crippen LogP contribution in [0.25, 0.3) is 22.0 Å². The predicted molar refractivity (Wildman–Crippen MR) is 228 cm³/mol. The van der Waals surface area contributed by atoms with E-state index in [-0.39, 0.29) is 51.7 Å². The van der Waals surface area contributed by atoms with Gasteiger partial charge in [0.2, 0.25) is 11.8 Å². The van der Waals surface area contributed by atoms with Crippen LogP contribution in [0.5, 0.6) is 0 Å². The van der Waals surface area contributed by atoms with Gasteiger partial charge < -0.3 is 14.8 Å². The molecule has 4 aromatic heterocycles. The smallest absolute Gasteiger partial charge is 0.405 e. The molecule has 1 amide bonds. The molecule has 14 nitrogen and oxygen atoms in total. The van der Waals surface area contributed by atoms with Gasteiger partial charge in [-0.15, -0.1) is 5.10 Å². The number of nitrogens with one attached hydrogen (secondary N) is 2. The van der Waals surface area contributed by atoms with Gasteiger partial charge in [-0.2, -0.15) is 32.1 Å². The van der Waals surface area contributed by atoms with E-state index >= 15 is 8.78 Å². The number of aromatic nitrogens is 7. The minimum atomic E-state index is -5.11. The number of alkyl halides is 5. The number of carbonyl (C=O) groups is 1. The highest BCUT2D eigenvalue weighted by Crippen LogP contribution is 2.68. The van der Waals surface area contributed by atoms with Crippen molar-refractivity contribution in [1.29, 1.82) is 0 Å². The third-order valence-corrected chi connectivity index (χ3v) is 15.2. The van der Waals surface area contributed by atoms with Crippen LogP contribution in [0.15, 0.2) is 46.9 Å². The number of fused-ring (bicyclic) bond motifs is 4. The first-order valence-electron chi connectivity index (χ1n) is 20.8. The Bertz CT molecular complexity index is 3180. The van der Waals surface area contributed by atoms with Crippen molar-refractivity contribution in [2.24, 2.45) is 13.0 Å². The third-order valence-electron chi connectivity index (χ3n) is 12.0. The van der Waals surface area contributed by atoms with Crippen LogP contribution in [0.4, 0.5) is 42.6 Å². The monoisotopic (exact) mass is 973 g/mol. The van der Waals surface area contributed by atoms with E-state index in [2.05, 4.69) is 42.9 Å². The highest BCUT2D eigenvalue weighted by Gasteiger charge is 2.68. The van der Waals surface area contributed by atoms with Crippen molar-refractivity contribution in [3.05, 3.63) is 98.9 Å². The summed E-state index contributed by atoms with van der Waals surface area (Å²) in [7, 11) is -2.13. The third kappa shape index (κ3) is 8.39. The summed E-state index contributed by atoms with van der Waals surface area (Å²) in [6, 6.07) is 7.11. The molecule has 3 N–H and O–H groups in total. The summed E-state index contributed by atoms with van der Waals surface area (Å²) in [5, 5.41) is 31.7. The molecule has 0 aliphatic heterocycles. The maximum atomic E-state index is 15.6. The van der Waals surface area contributed by atoms with Gasteiger partial charge in [-0.05, 0) is 101 Å². The number of halogens is 8. The van der Waals surface area contributed by atoms with Gasteiger partial charge in [-0.1, -0.05) is 28.7 Å². The van der Waals surface area contributed by atoms with Gasteiger partial charge in [0.15, 0.2) is 21.3 Å². The molecule has 4 heterocycles. The lowest BCUT2D eigenvalue weighted by atomic mass is 9.93. The van der Waals surface area contributed by atoms with E-state index in [1.165, 1.54) is 44.5 Å². The fraction of sp³-hybridized carbons (Fsp3) is 0.409. The fourth-order valence-electron chi connectivity index (χ4n) is 8.57. The van der Waals surface area contributed by atoms with Gasteiger partial charge >= 0.3 is 12.2 Å². The number of nitrogens with zero attached hydrogens (tertiary/aromatic N) is 7. The number of rotatable bonds is 12. The number of aryl methyl sites for hydroxylation is 1. The molecule has 2 aromatic carbocycles. The number of amides is 1. The Morgan fingerprint density at radius 2 is 1.72 bits per heavy atom. The van der Waals surface area contributed by atoms with Crippen LogP contribution in [0.1, 0.15) is 98.7 Å². The van der Waals surface area contributed by atoms with Crippen molar-refractivity contribution in [2.45, 2.75) is 99.6 Å². The molecule has 67 heavy (non-hydrogen) atoms. The van der Waals surface area contributed by atoms with Crippen molar-refractivity contribution >= 4 is 50.1 Å². The topological polar surface area (TPSA) is 183 Å². The number of hydrogen-bond acceptors (Lipinski definition) is 11. The summed E-state index contributed by atoms with van der Waals surface area (Å²) in [6.45, 7) is 4.67. The van der Waals surface area contributed by atoms with Gasteiger partial charge in [0.25, 0.3) is 5.92 Å². The summed E-state index contributed by atoms with van der Waals surface area (Å²) < 4.78 is 136. The largest absolute Gasteiger partial charge is 0.435 e. The zero-order valence-electron chi connectivity index (χ0n) is 36.0. The van der Waals surface area contributed by atoms with E-state index in [1.54, 1.807) is 19.2 Å². The molecule has 0 unspecified atom stereocenters. The van der Waals surface area contributed by atoms with Crippen LogP contribution in [-0.4, -0.2) is 64.2 Å². The van der Waals surface area contributed by atoms with Crippen molar-refractivity contribution in [2.75, 3.05) is 5.32 Å². The molecule has 352 valence electrons. The standard InChI is InChI=1S/C44H39ClF7N9O5S/c1-41(2,67(64,65)24-7-8-24)13-12-23-6-9-25(26-10-11-29(45)33-35(26)60(5)59-38(33)55-40-57-56-39(66-40)42(3,4)63)34(53-23)30(16-20-14-21(46)17-22(47)15-20)54-31(62)19-61-37-32(36(58-61)44(50,51)52)27-18-28(27)43(37,48)49/h6,9-11,14-15,17,24,27-28,30,63H,7-8,16,18-19H2,1-5H3,(H,54,62)(H,55,57,59)/t27-,28+,30-/m0/s1. The molecule has 3 aliphatic carbocycles. The van der Waals surface area contributed by atoms with Crippen molar-refractivity contribution < 1.29 is 53.5 Å². The quantitative estimate of drug-likeness (QED) is 0.0795. The van der Waals surface area contributed by atoms with Gasteiger partial charge in [-0.3, -0.25) is 19.5 Å². The molecule has 0 radical (unpaired) electrons. The predicted octanol–water partition coefficient (Wildman–Crippen LogP) is 8.15. The molecule has 6 aromatic rings. The Morgan fingerprint density at radius 1 is 1.03 bits per heavy atom. The van der Waals surface area contributed by atoms with Crippen LogP contribution >= 0.6 is 11.6 Å². The first kappa shape index (κ1) is 46.1. The molecule has 0 spiro atoms. The number of hydrogen-bond donors (Lipinski definition) is 3. The Balaban J connectivity index is 1.19. The lowest BCUT2D eigenvalue weighted by Gasteiger charge is -2.23. The van der Waals surface area contributed by atoms with Crippen molar-refractivity contribution in [3.63, 3.8) is 0 Å². The second-order valence-corrected chi connectivity index (χ2v) is 21.1. The second-order valence-electron chi connectivity index (χ2n) is 18.0. The number of aliphatic hydroxyl groups is 1. The van der Waals surface area contributed by atoms with E-state index in [4.69, 9.17) is 21.0 Å². The van der Waals surface area contributed by atoms with E-state index in [9.17, 15) is 40.3 Å². The fourth-order valence-corrected chi connectivity index (χ4v) is 10.6. The Hall–Kier alpha value is -6.05. The molecule has 9 rings (SSSR count). The molecule has 0 saturated heterocycles. The summed E-state index contributed by atoms with van der Waals surface area (Å²) in [6.07, 6.45) is -4.73. The number of pyridine rings is 1. The normalized spacial score (nSPS) is 18.3. The Labute approximate surface area is 382 Å². The minimum absolute atomic E-state index is 0.0161. The van der Waals surface area contributed by atoms with Crippen LogP contribution in [0, 0.1) is 29.4 Å². The molecule has 0 bridgehead atoms. The van der Waals surface area contributed by atoms with E-state index in [1.807, 2.05) is 0 Å². The highest BCUT2D eigenvalue weighted by molar-refractivity contribution is 7.93.